The van der Waals surface area contributed by atoms with Crippen LogP contribution in [0.2, 0.25) is 0 Å². The SMILES string of the molecule is CC(C)C(C)C(C)CC(C)N1CCCC1. The Hall–Kier alpha value is -0.0400. The van der Waals surface area contributed by atoms with Crippen molar-refractivity contribution in [2.75, 3.05) is 13.1 Å². The van der Waals surface area contributed by atoms with Crippen LogP contribution >= 0.6 is 0 Å². The van der Waals surface area contributed by atoms with Gasteiger partial charge in [-0.05, 0) is 57.0 Å². The first-order valence-corrected chi connectivity index (χ1v) is 6.76. The maximum absolute atomic E-state index is 2.67. The second-order valence-electron chi connectivity index (χ2n) is 5.91. The molecular weight excluding hydrogens is 182 g/mol. The van der Waals surface area contributed by atoms with Crippen LogP contribution in [0.5, 0.6) is 0 Å². The first kappa shape index (κ1) is 13.0. The van der Waals surface area contributed by atoms with Crippen LogP contribution in [0.15, 0.2) is 0 Å². The number of hydrogen-bond donors (Lipinski definition) is 0. The maximum atomic E-state index is 2.67. The third kappa shape index (κ3) is 3.79. The zero-order chi connectivity index (χ0) is 11.4. The van der Waals surface area contributed by atoms with E-state index in [9.17, 15) is 0 Å². The van der Waals surface area contributed by atoms with Crippen LogP contribution in [0, 0.1) is 17.8 Å². The van der Waals surface area contributed by atoms with Gasteiger partial charge in [-0.3, -0.25) is 0 Å². The standard InChI is InChI=1S/C14H29N/c1-11(2)14(5)12(3)10-13(4)15-8-6-7-9-15/h11-14H,6-10H2,1-5H3. The Labute approximate surface area is 96.2 Å². The third-order valence-corrected chi connectivity index (χ3v) is 4.43. The minimum absolute atomic E-state index is 0.795. The highest BCUT2D eigenvalue weighted by atomic mass is 15.2. The Balaban J connectivity index is 2.32. The number of nitrogens with zero attached hydrogens (tertiary/aromatic N) is 1. The summed E-state index contributed by atoms with van der Waals surface area (Å²) >= 11 is 0. The Morgan fingerprint density at radius 3 is 1.93 bits per heavy atom. The minimum atomic E-state index is 0.795. The largest absolute Gasteiger partial charge is 0.301 e. The lowest BCUT2D eigenvalue weighted by Crippen LogP contribution is -2.33. The molecule has 1 aliphatic heterocycles. The lowest BCUT2D eigenvalue weighted by Gasteiger charge is -2.30. The second kappa shape index (κ2) is 5.89. The van der Waals surface area contributed by atoms with Gasteiger partial charge in [-0.2, -0.15) is 0 Å². The molecule has 0 aliphatic carbocycles. The fraction of sp³-hybridized carbons (Fsp3) is 1.00. The first-order chi connectivity index (χ1) is 7.02. The van der Waals surface area contributed by atoms with Crippen LogP contribution in [0.1, 0.15) is 53.9 Å². The van der Waals surface area contributed by atoms with Crippen LogP contribution < -0.4 is 0 Å². The third-order valence-electron chi connectivity index (χ3n) is 4.43. The molecule has 3 atom stereocenters. The summed E-state index contributed by atoms with van der Waals surface area (Å²) in [4.78, 5) is 2.67. The van der Waals surface area contributed by atoms with Gasteiger partial charge in [0.1, 0.15) is 0 Å². The average Bonchev–Trinajstić information content (AvgIpc) is 2.68. The van der Waals surface area contributed by atoms with Gasteiger partial charge in [0.05, 0.1) is 0 Å². The van der Waals surface area contributed by atoms with Crippen molar-refractivity contribution in [3.63, 3.8) is 0 Å². The zero-order valence-electron chi connectivity index (χ0n) is 11.3. The minimum Gasteiger partial charge on any atom is -0.301 e. The predicted octanol–water partition coefficient (Wildman–Crippen LogP) is 3.79. The molecular formula is C14H29N. The van der Waals surface area contributed by atoms with Gasteiger partial charge in [0.2, 0.25) is 0 Å². The molecule has 0 bridgehead atoms. The van der Waals surface area contributed by atoms with E-state index in [-0.39, 0.29) is 0 Å². The lowest BCUT2D eigenvalue weighted by atomic mass is 9.82. The quantitative estimate of drug-likeness (QED) is 0.669. The van der Waals surface area contributed by atoms with Crippen molar-refractivity contribution < 1.29 is 0 Å². The van der Waals surface area contributed by atoms with E-state index >= 15 is 0 Å². The molecule has 0 saturated carbocycles. The van der Waals surface area contributed by atoms with Crippen molar-refractivity contribution in [3.8, 4) is 0 Å². The summed E-state index contributed by atoms with van der Waals surface area (Å²) in [5.74, 6) is 2.54. The smallest absolute Gasteiger partial charge is 0.00695 e. The van der Waals surface area contributed by atoms with E-state index in [1.54, 1.807) is 0 Å². The average molecular weight is 211 g/mol. The van der Waals surface area contributed by atoms with Crippen molar-refractivity contribution >= 4 is 0 Å². The molecule has 0 aromatic heterocycles. The molecule has 0 aromatic rings. The summed E-state index contributed by atoms with van der Waals surface area (Å²) in [6.07, 6.45) is 4.20. The van der Waals surface area contributed by atoms with Gasteiger partial charge < -0.3 is 4.90 Å². The molecule has 15 heavy (non-hydrogen) atoms. The Morgan fingerprint density at radius 1 is 0.933 bits per heavy atom. The van der Waals surface area contributed by atoms with Gasteiger partial charge in [-0.15, -0.1) is 0 Å². The molecule has 0 aromatic carbocycles. The van der Waals surface area contributed by atoms with E-state index in [4.69, 9.17) is 0 Å². The molecule has 0 spiro atoms. The van der Waals surface area contributed by atoms with Gasteiger partial charge in [0.25, 0.3) is 0 Å². The number of hydrogen-bond acceptors (Lipinski definition) is 1. The summed E-state index contributed by atoms with van der Waals surface area (Å²) in [5, 5.41) is 0. The molecule has 1 saturated heterocycles. The Morgan fingerprint density at radius 2 is 1.47 bits per heavy atom. The molecule has 1 heteroatoms. The van der Waals surface area contributed by atoms with E-state index in [1.807, 2.05) is 0 Å². The Kier molecular flexibility index (Phi) is 5.11. The summed E-state index contributed by atoms with van der Waals surface area (Å²) < 4.78 is 0. The molecule has 0 radical (unpaired) electrons. The first-order valence-electron chi connectivity index (χ1n) is 6.76. The van der Waals surface area contributed by atoms with Crippen molar-refractivity contribution in [1.29, 1.82) is 0 Å². The van der Waals surface area contributed by atoms with Crippen LogP contribution in [0.25, 0.3) is 0 Å². The van der Waals surface area contributed by atoms with Crippen LogP contribution in [0.3, 0.4) is 0 Å². The second-order valence-corrected chi connectivity index (χ2v) is 5.91. The molecule has 0 amide bonds. The van der Waals surface area contributed by atoms with E-state index in [0.29, 0.717) is 0 Å². The fourth-order valence-corrected chi connectivity index (χ4v) is 2.74. The molecule has 1 fully saturated rings. The zero-order valence-corrected chi connectivity index (χ0v) is 11.3. The Bertz CT molecular complexity index is 164. The fourth-order valence-electron chi connectivity index (χ4n) is 2.74. The molecule has 1 heterocycles. The van der Waals surface area contributed by atoms with Gasteiger partial charge >= 0.3 is 0 Å². The lowest BCUT2D eigenvalue weighted by molar-refractivity contribution is 0.185. The molecule has 3 unspecified atom stereocenters. The number of rotatable bonds is 5. The monoisotopic (exact) mass is 211 g/mol. The molecule has 0 N–H and O–H groups in total. The van der Waals surface area contributed by atoms with E-state index in [2.05, 4.69) is 39.5 Å². The topological polar surface area (TPSA) is 3.24 Å². The summed E-state index contributed by atoms with van der Waals surface area (Å²) in [7, 11) is 0. The highest BCUT2D eigenvalue weighted by Gasteiger charge is 2.23. The van der Waals surface area contributed by atoms with Crippen molar-refractivity contribution in [2.24, 2.45) is 17.8 Å². The molecule has 1 aliphatic rings. The molecule has 1 rings (SSSR count). The predicted molar refractivity (Wildman–Crippen MR) is 68.1 cm³/mol. The summed E-state index contributed by atoms with van der Waals surface area (Å²) in [5.41, 5.74) is 0. The van der Waals surface area contributed by atoms with Gasteiger partial charge in [0.15, 0.2) is 0 Å². The van der Waals surface area contributed by atoms with Crippen LogP contribution in [-0.4, -0.2) is 24.0 Å². The van der Waals surface area contributed by atoms with Crippen molar-refractivity contribution in [1.82, 2.24) is 4.90 Å². The van der Waals surface area contributed by atoms with E-state index in [1.165, 1.54) is 32.4 Å². The molecule has 90 valence electrons. The van der Waals surface area contributed by atoms with Crippen molar-refractivity contribution in [3.05, 3.63) is 0 Å². The maximum Gasteiger partial charge on any atom is 0.00695 e. The van der Waals surface area contributed by atoms with Crippen molar-refractivity contribution in [2.45, 2.75) is 59.9 Å². The highest BCUT2D eigenvalue weighted by Crippen LogP contribution is 2.26. The van der Waals surface area contributed by atoms with Gasteiger partial charge in [-0.1, -0.05) is 27.7 Å². The summed E-state index contributed by atoms with van der Waals surface area (Å²) in [6, 6.07) is 0.795. The number of likely N-dealkylation sites (tertiary alicyclic amines) is 1. The van der Waals surface area contributed by atoms with Crippen LogP contribution in [0.4, 0.5) is 0 Å². The van der Waals surface area contributed by atoms with Gasteiger partial charge in [-0.25, -0.2) is 0 Å². The van der Waals surface area contributed by atoms with Crippen LogP contribution in [-0.2, 0) is 0 Å². The van der Waals surface area contributed by atoms with E-state index in [0.717, 1.165) is 23.8 Å². The normalized spacial score (nSPS) is 24.4. The van der Waals surface area contributed by atoms with Gasteiger partial charge in [0, 0.05) is 6.04 Å². The summed E-state index contributed by atoms with van der Waals surface area (Å²) in [6.45, 7) is 14.6. The van der Waals surface area contributed by atoms with E-state index < -0.39 is 0 Å². The molecule has 1 nitrogen and oxygen atoms in total. The highest BCUT2D eigenvalue weighted by molar-refractivity contribution is 4.76.